The molecule has 0 aromatic heterocycles. The van der Waals surface area contributed by atoms with Gasteiger partial charge in [0.05, 0.1) is 5.70 Å². The lowest BCUT2D eigenvalue weighted by atomic mass is 10.2. The molecule has 0 aromatic rings. The quantitative estimate of drug-likeness (QED) is 0.196. The second-order valence-corrected chi connectivity index (χ2v) is 4.10. The fraction of sp³-hybridized carbons (Fsp3) is 0.200. The predicted molar refractivity (Wildman–Crippen MR) is 81.6 cm³/mol. The van der Waals surface area contributed by atoms with Crippen LogP contribution in [0.25, 0.3) is 0 Å². The fourth-order valence-electron chi connectivity index (χ4n) is 1.18. The van der Waals surface area contributed by atoms with Gasteiger partial charge in [-0.1, -0.05) is 19.2 Å². The van der Waals surface area contributed by atoms with E-state index in [2.05, 4.69) is 18.2 Å². The second-order valence-electron chi connectivity index (χ2n) is 4.10. The Morgan fingerprint density at radius 1 is 1.32 bits per heavy atom. The molecule has 0 saturated heterocycles. The zero-order valence-corrected chi connectivity index (χ0v) is 12.4. The number of carbonyl (C=O) groups is 1. The third kappa shape index (κ3) is 6.36. The van der Waals surface area contributed by atoms with Crippen LogP contribution < -0.4 is 5.84 Å². The van der Waals surface area contributed by atoms with Crippen LogP contribution in [-0.4, -0.2) is 23.7 Å². The molecule has 0 fully saturated rings. The van der Waals surface area contributed by atoms with Crippen LogP contribution >= 0.6 is 0 Å². The summed E-state index contributed by atoms with van der Waals surface area (Å²) in [5, 5.41) is 1.00. The van der Waals surface area contributed by atoms with Crippen LogP contribution in [0.5, 0.6) is 0 Å². The maximum Gasteiger partial charge on any atom is 0.412 e. The zero-order valence-electron chi connectivity index (χ0n) is 12.4. The van der Waals surface area contributed by atoms with Crippen molar-refractivity contribution in [3.05, 3.63) is 60.1 Å². The number of hydrogen-bond donors (Lipinski definition) is 1. The summed E-state index contributed by atoms with van der Waals surface area (Å²) in [7, 11) is 0. The molecule has 0 unspecified atom stereocenters. The molecule has 22 heavy (non-hydrogen) atoms. The summed E-state index contributed by atoms with van der Waals surface area (Å²) in [6.07, 6.45) is 2.09. The van der Waals surface area contributed by atoms with Gasteiger partial charge in [0.2, 0.25) is 0 Å². The molecule has 0 rings (SSSR count). The first-order valence-electron chi connectivity index (χ1n) is 6.14. The van der Waals surface area contributed by atoms with E-state index in [1.165, 1.54) is 18.4 Å². The SMILES string of the molecule is C=C/C(=C\C=C(/C)C(F)(F)F)N(N)C(=C/C(=C)C=O)/N=C\C. The number of alkyl halides is 3. The number of hydrazine groups is 1. The second kappa shape index (κ2) is 8.78. The standard InChI is InChI=1S/C15H18F3N3O/c1-5-13(8-7-12(4)15(16,17)18)21(19)14(20-6-2)9-11(3)10-22/h5-10H,1,3,19H2,2,4H3/b12-7+,13-8+,14-9+,20-6-. The lowest BCUT2D eigenvalue weighted by Crippen LogP contribution is -2.28. The van der Waals surface area contributed by atoms with Gasteiger partial charge in [-0.15, -0.1) is 0 Å². The molecule has 0 spiro atoms. The van der Waals surface area contributed by atoms with Crippen molar-refractivity contribution < 1.29 is 18.0 Å². The first-order valence-corrected chi connectivity index (χ1v) is 6.14. The van der Waals surface area contributed by atoms with Gasteiger partial charge in [-0.25, -0.2) is 10.8 Å². The van der Waals surface area contributed by atoms with Gasteiger partial charge in [-0.05, 0) is 32.1 Å². The number of hydrogen-bond acceptors (Lipinski definition) is 4. The Hall–Kier alpha value is -2.41. The molecule has 0 bridgehead atoms. The number of allylic oxidation sites excluding steroid dienone is 6. The Kier molecular flexibility index (Phi) is 7.82. The number of nitrogens with two attached hydrogens (primary N) is 1. The predicted octanol–water partition coefficient (Wildman–Crippen LogP) is 3.43. The number of aldehydes is 1. The van der Waals surface area contributed by atoms with Crippen molar-refractivity contribution in [1.29, 1.82) is 0 Å². The van der Waals surface area contributed by atoms with Crippen LogP contribution in [-0.2, 0) is 4.79 Å². The normalized spacial score (nSPS) is 14.2. The van der Waals surface area contributed by atoms with Gasteiger partial charge in [0.15, 0.2) is 0 Å². The molecule has 0 aliphatic heterocycles. The van der Waals surface area contributed by atoms with Gasteiger partial charge in [-0.3, -0.25) is 9.80 Å². The van der Waals surface area contributed by atoms with Crippen LogP contribution in [0.3, 0.4) is 0 Å². The smallest absolute Gasteiger partial charge is 0.298 e. The molecule has 0 heterocycles. The first kappa shape index (κ1) is 19.6. The molecule has 0 atom stereocenters. The van der Waals surface area contributed by atoms with E-state index in [9.17, 15) is 18.0 Å². The van der Waals surface area contributed by atoms with E-state index in [-0.39, 0.29) is 17.1 Å². The maximum atomic E-state index is 12.4. The van der Waals surface area contributed by atoms with E-state index in [1.807, 2.05) is 0 Å². The van der Waals surface area contributed by atoms with Gasteiger partial charge in [0, 0.05) is 17.4 Å². The lowest BCUT2D eigenvalue weighted by Gasteiger charge is -2.19. The molecule has 0 aliphatic rings. The third-order valence-electron chi connectivity index (χ3n) is 2.41. The molecule has 2 N–H and O–H groups in total. The Morgan fingerprint density at radius 2 is 1.91 bits per heavy atom. The first-order chi connectivity index (χ1) is 10.2. The van der Waals surface area contributed by atoms with E-state index in [4.69, 9.17) is 5.84 Å². The Morgan fingerprint density at radius 3 is 2.32 bits per heavy atom. The van der Waals surface area contributed by atoms with E-state index >= 15 is 0 Å². The zero-order chi connectivity index (χ0) is 17.3. The van der Waals surface area contributed by atoms with Gasteiger partial charge in [-0.2, -0.15) is 13.2 Å². The van der Waals surface area contributed by atoms with E-state index < -0.39 is 11.7 Å². The topological polar surface area (TPSA) is 58.7 Å². The molecule has 120 valence electrons. The number of carbonyl (C=O) groups excluding carboxylic acids is 1. The molecule has 7 heteroatoms. The average Bonchev–Trinajstić information content (AvgIpc) is 2.45. The number of aliphatic imine (C=N–C) groups is 1. The molecule has 0 radical (unpaired) electrons. The Bertz CT molecular complexity index is 555. The van der Waals surface area contributed by atoms with E-state index in [1.54, 1.807) is 6.92 Å². The van der Waals surface area contributed by atoms with Crippen LogP contribution in [0.1, 0.15) is 13.8 Å². The van der Waals surface area contributed by atoms with Crippen molar-refractivity contribution in [3.63, 3.8) is 0 Å². The van der Waals surface area contributed by atoms with Crippen LogP contribution in [0.2, 0.25) is 0 Å². The Balaban J connectivity index is 5.63. The fourth-order valence-corrected chi connectivity index (χ4v) is 1.18. The molecule has 4 nitrogen and oxygen atoms in total. The molecule has 0 amide bonds. The van der Waals surface area contributed by atoms with Crippen molar-refractivity contribution in [2.45, 2.75) is 20.0 Å². The third-order valence-corrected chi connectivity index (χ3v) is 2.41. The Labute approximate surface area is 127 Å². The maximum absolute atomic E-state index is 12.4. The van der Waals surface area contributed by atoms with Crippen molar-refractivity contribution >= 4 is 12.5 Å². The molecular weight excluding hydrogens is 295 g/mol. The van der Waals surface area contributed by atoms with E-state index in [0.29, 0.717) is 6.29 Å². The summed E-state index contributed by atoms with van der Waals surface area (Å²) in [6, 6.07) is 0. The summed E-state index contributed by atoms with van der Waals surface area (Å²) in [4.78, 5) is 14.5. The average molecular weight is 313 g/mol. The summed E-state index contributed by atoms with van der Waals surface area (Å²) in [5.74, 6) is 5.93. The minimum Gasteiger partial charge on any atom is -0.298 e. The van der Waals surface area contributed by atoms with Crippen LogP contribution in [0, 0.1) is 0 Å². The number of halogens is 3. The largest absolute Gasteiger partial charge is 0.412 e. The number of rotatable bonds is 7. The molecular formula is C15H18F3N3O. The van der Waals surface area contributed by atoms with Gasteiger partial charge < -0.3 is 0 Å². The van der Waals surface area contributed by atoms with E-state index in [0.717, 1.165) is 24.1 Å². The summed E-state index contributed by atoms with van der Waals surface area (Å²) in [5.41, 5.74) is -0.511. The summed E-state index contributed by atoms with van der Waals surface area (Å²) < 4.78 is 37.3. The summed E-state index contributed by atoms with van der Waals surface area (Å²) in [6.45, 7) is 9.51. The minimum atomic E-state index is -4.42. The summed E-state index contributed by atoms with van der Waals surface area (Å²) >= 11 is 0. The highest BCUT2D eigenvalue weighted by Gasteiger charge is 2.29. The van der Waals surface area contributed by atoms with Gasteiger partial charge in [0.25, 0.3) is 0 Å². The molecule has 0 aliphatic carbocycles. The lowest BCUT2D eigenvalue weighted by molar-refractivity contribution is -0.104. The highest BCUT2D eigenvalue weighted by atomic mass is 19.4. The highest BCUT2D eigenvalue weighted by molar-refractivity contribution is 5.76. The number of nitrogens with zero attached hydrogens (tertiary/aromatic N) is 2. The minimum absolute atomic E-state index is 0.112. The monoisotopic (exact) mass is 313 g/mol. The van der Waals surface area contributed by atoms with Gasteiger partial charge >= 0.3 is 6.18 Å². The van der Waals surface area contributed by atoms with Crippen molar-refractivity contribution in [2.75, 3.05) is 0 Å². The highest BCUT2D eigenvalue weighted by Crippen LogP contribution is 2.25. The van der Waals surface area contributed by atoms with Crippen molar-refractivity contribution in [2.24, 2.45) is 10.8 Å². The van der Waals surface area contributed by atoms with Gasteiger partial charge in [0.1, 0.15) is 12.1 Å². The van der Waals surface area contributed by atoms with Crippen molar-refractivity contribution in [3.8, 4) is 0 Å². The van der Waals surface area contributed by atoms with Crippen LogP contribution in [0.4, 0.5) is 13.2 Å². The van der Waals surface area contributed by atoms with Crippen molar-refractivity contribution in [1.82, 2.24) is 5.01 Å². The molecule has 0 saturated carbocycles. The van der Waals surface area contributed by atoms with Crippen LogP contribution in [0.15, 0.2) is 65.1 Å². The molecule has 0 aromatic carbocycles.